The number of nitro benzene ring substituents is 1. The lowest BCUT2D eigenvalue weighted by molar-refractivity contribution is -0.384. The minimum absolute atomic E-state index is 0.105. The van der Waals surface area contributed by atoms with Crippen molar-refractivity contribution >= 4 is 17.3 Å². The van der Waals surface area contributed by atoms with Crippen LogP contribution < -0.4 is 11.1 Å². The number of nitrogen functional groups attached to an aromatic ring is 1. The van der Waals surface area contributed by atoms with Crippen molar-refractivity contribution in [2.45, 2.75) is 38.6 Å². The van der Waals surface area contributed by atoms with Gasteiger partial charge in [0.25, 0.3) is 11.6 Å². The van der Waals surface area contributed by atoms with Crippen molar-refractivity contribution in [2.24, 2.45) is 5.92 Å². The van der Waals surface area contributed by atoms with Crippen molar-refractivity contribution < 1.29 is 9.72 Å². The summed E-state index contributed by atoms with van der Waals surface area (Å²) in [6.07, 6.45) is 4.27. The van der Waals surface area contributed by atoms with Gasteiger partial charge in [-0.25, -0.2) is 0 Å². The normalized spacial score (nSPS) is 15.7. The second-order valence-corrected chi connectivity index (χ2v) is 5.29. The summed E-state index contributed by atoms with van der Waals surface area (Å²) in [6, 6.07) is 4.03. The zero-order valence-electron chi connectivity index (χ0n) is 11.5. The second-order valence-electron chi connectivity index (χ2n) is 5.29. The number of nitro groups is 1. The van der Waals surface area contributed by atoms with Gasteiger partial charge in [0, 0.05) is 23.9 Å². The molecule has 0 radical (unpaired) electrons. The summed E-state index contributed by atoms with van der Waals surface area (Å²) < 4.78 is 0. The van der Waals surface area contributed by atoms with Crippen LogP contribution in [0.25, 0.3) is 0 Å². The number of rotatable bonds is 6. The topological polar surface area (TPSA) is 98.3 Å². The molecule has 1 aromatic carbocycles. The van der Waals surface area contributed by atoms with Crippen LogP contribution in [-0.2, 0) is 0 Å². The van der Waals surface area contributed by atoms with E-state index in [-0.39, 0.29) is 28.9 Å². The standard InChI is InChI=1S/C14H19N3O3/c1-2-10(7-9-3-4-9)16-14(18)12-8-11(17(19)20)5-6-13(12)15/h5-6,8-10H,2-4,7,15H2,1H3,(H,16,18). The monoisotopic (exact) mass is 277 g/mol. The Hall–Kier alpha value is -2.11. The van der Waals surface area contributed by atoms with Crippen LogP contribution in [0.15, 0.2) is 18.2 Å². The number of carbonyl (C=O) groups is 1. The summed E-state index contributed by atoms with van der Waals surface area (Å²) in [6.45, 7) is 2.02. The fourth-order valence-corrected chi connectivity index (χ4v) is 2.20. The lowest BCUT2D eigenvalue weighted by Gasteiger charge is -2.17. The highest BCUT2D eigenvalue weighted by molar-refractivity contribution is 5.99. The van der Waals surface area contributed by atoms with Crippen LogP contribution in [0, 0.1) is 16.0 Å². The van der Waals surface area contributed by atoms with E-state index in [2.05, 4.69) is 5.32 Å². The van der Waals surface area contributed by atoms with Crippen LogP contribution in [0.5, 0.6) is 0 Å². The third-order valence-corrected chi connectivity index (χ3v) is 3.64. The average Bonchev–Trinajstić information content (AvgIpc) is 3.21. The zero-order valence-corrected chi connectivity index (χ0v) is 11.5. The van der Waals surface area contributed by atoms with Gasteiger partial charge in [-0.1, -0.05) is 19.8 Å². The number of hydrogen-bond donors (Lipinski definition) is 2. The Morgan fingerprint density at radius 2 is 2.25 bits per heavy atom. The van der Waals surface area contributed by atoms with Crippen LogP contribution in [0.3, 0.4) is 0 Å². The van der Waals surface area contributed by atoms with E-state index in [1.807, 2.05) is 6.92 Å². The third-order valence-electron chi connectivity index (χ3n) is 3.64. The van der Waals surface area contributed by atoms with Crippen molar-refractivity contribution in [2.75, 3.05) is 5.73 Å². The number of nitrogens with one attached hydrogen (secondary N) is 1. The molecule has 1 aliphatic carbocycles. The van der Waals surface area contributed by atoms with Crippen molar-refractivity contribution in [3.63, 3.8) is 0 Å². The van der Waals surface area contributed by atoms with Crippen molar-refractivity contribution in [1.82, 2.24) is 5.32 Å². The summed E-state index contributed by atoms with van der Waals surface area (Å²) >= 11 is 0. The molecule has 0 spiro atoms. The first-order valence-electron chi connectivity index (χ1n) is 6.86. The van der Waals surface area contributed by atoms with Gasteiger partial charge in [0.2, 0.25) is 0 Å². The highest BCUT2D eigenvalue weighted by Gasteiger charge is 2.26. The van der Waals surface area contributed by atoms with Gasteiger partial charge >= 0.3 is 0 Å². The highest BCUT2D eigenvalue weighted by Crippen LogP contribution is 2.34. The molecule has 1 amide bonds. The minimum Gasteiger partial charge on any atom is -0.398 e. The van der Waals surface area contributed by atoms with Crippen LogP contribution in [-0.4, -0.2) is 16.9 Å². The second kappa shape index (κ2) is 5.90. The maximum absolute atomic E-state index is 12.2. The van der Waals surface area contributed by atoms with Gasteiger partial charge in [-0.15, -0.1) is 0 Å². The van der Waals surface area contributed by atoms with E-state index in [9.17, 15) is 14.9 Å². The Balaban J connectivity index is 2.10. The van der Waals surface area contributed by atoms with Gasteiger partial charge < -0.3 is 11.1 Å². The Bertz CT molecular complexity index is 526. The van der Waals surface area contributed by atoms with Gasteiger partial charge in [-0.05, 0) is 24.8 Å². The lowest BCUT2D eigenvalue weighted by Crippen LogP contribution is -2.35. The Kier molecular flexibility index (Phi) is 4.22. The van der Waals surface area contributed by atoms with E-state index in [0.717, 1.165) is 12.8 Å². The van der Waals surface area contributed by atoms with Crippen LogP contribution in [0.4, 0.5) is 11.4 Å². The largest absolute Gasteiger partial charge is 0.398 e. The quantitative estimate of drug-likeness (QED) is 0.474. The predicted octanol–water partition coefficient (Wildman–Crippen LogP) is 2.49. The molecule has 0 aliphatic heterocycles. The van der Waals surface area contributed by atoms with E-state index in [0.29, 0.717) is 5.92 Å². The first-order valence-corrected chi connectivity index (χ1v) is 6.86. The van der Waals surface area contributed by atoms with Gasteiger partial charge in [-0.2, -0.15) is 0 Å². The molecule has 3 N–H and O–H groups in total. The van der Waals surface area contributed by atoms with E-state index in [1.165, 1.54) is 31.0 Å². The molecule has 1 saturated carbocycles. The molecule has 6 heteroatoms. The number of non-ortho nitro benzene ring substituents is 1. The van der Waals surface area contributed by atoms with E-state index >= 15 is 0 Å². The maximum atomic E-state index is 12.2. The first-order chi connectivity index (χ1) is 9.51. The van der Waals surface area contributed by atoms with Gasteiger partial charge in [0.05, 0.1) is 10.5 Å². The summed E-state index contributed by atoms with van der Waals surface area (Å²) in [5, 5.41) is 13.7. The Morgan fingerprint density at radius 3 is 2.80 bits per heavy atom. The lowest BCUT2D eigenvalue weighted by atomic mass is 10.1. The predicted molar refractivity (Wildman–Crippen MR) is 76.4 cm³/mol. The molecule has 20 heavy (non-hydrogen) atoms. The number of amides is 1. The summed E-state index contributed by atoms with van der Waals surface area (Å²) in [5.74, 6) is 0.376. The SMILES string of the molecule is CCC(CC1CC1)NC(=O)c1cc([N+](=O)[O-])ccc1N. The van der Waals surface area contributed by atoms with Gasteiger partial charge in [0.1, 0.15) is 0 Å². The molecule has 1 fully saturated rings. The smallest absolute Gasteiger partial charge is 0.270 e. The highest BCUT2D eigenvalue weighted by atomic mass is 16.6. The van der Waals surface area contributed by atoms with E-state index < -0.39 is 4.92 Å². The molecule has 0 bridgehead atoms. The molecule has 1 unspecified atom stereocenters. The summed E-state index contributed by atoms with van der Waals surface area (Å²) in [4.78, 5) is 22.4. The fraction of sp³-hybridized carbons (Fsp3) is 0.500. The van der Waals surface area contributed by atoms with Crippen molar-refractivity contribution in [3.05, 3.63) is 33.9 Å². The molecule has 1 atom stereocenters. The number of nitrogens with zero attached hydrogens (tertiary/aromatic N) is 1. The van der Waals surface area contributed by atoms with E-state index in [4.69, 9.17) is 5.73 Å². The number of hydrogen-bond acceptors (Lipinski definition) is 4. The summed E-state index contributed by atoms with van der Waals surface area (Å²) in [7, 11) is 0. The van der Waals surface area contributed by atoms with Crippen LogP contribution >= 0.6 is 0 Å². The number of benzene rings is 1. The number of carbonyl (C=O) groups excluding carboxylic acids is 1. The molecule has 1 aromatic rings. The van der Waals surface area contributed by atoms with Crippen molar-refractivity contribution in [3.8, 4) is 0 Å². The maximum Gasteiger partial charge on any atom is 0.270 e. The molecule has 0 aromatic heterocycles. The molecule has 1 aliphatic rings. The molecule has 108 valence electrons. The molecule has 0 heterocycles. The van der Waals surface area contributed by atoms with E-state index in [1.54, 1.807) is 0 Å². The number of anilines is 1. The fourth-order valence-electron chi connectivity index (χ4n) is 2.20. The molecular weight excluding hydrogens is 258 g/mol. The molecule has 0 saturated heterocycles. The minimum atomic E-state index is -0.530. The Labute approximate surface area is 117 Å². The average molecular weight is 277 g/mol. The van der Waals surface area contributed by atoms with Crippen LogP contribution in [0.1, 0.15) is 43.0 Å². The van der Waals surface area contributed by atoms with Crippen molar-refractivity contribution in [1.29, 1.82) is 0 Å². The molecule has 2 rings (SSSR count). The molecule has 6 nitrogen and oxygen atoms in total. The molecular formula is C14H19N3O3. The first kappa shape index (κ1) is 14.3. The van der Waals surface area contributed by atoms with Gasteiger partial charge in [0.15, 0.2) is 0 Å². The van der Waals surface area contributed by atoms with Crippen LogP contribution in [0.2, 0.25) is 0 Å². The summed E-state index contributed by atoms with van der Waals surface area (Å²) in [5.41, 5.74) is 6.05. The zero-order chi connectivity index (χ0) is 14.7. The number of nitrogens with two attached hydrogens (primary N) is 1. The van der Waals surface area contributed by atoms with Gasteiger partial charge in [-0.3, -0.25) is 14.9 Å². The third kappa shape index (κ3) is 3.46. The Morgan fingerprint density at radius 1 is 1.55 bits per heavy atom.